The van der Waals surface area contributed by atoms with E-state index in [1.54, 1.807) is 0 Å². The molecule has 2 N–H and O–H groups in total. The molecule has 6 heteroatoms. The molecule has 104 valence electrons. The van der Waals surface area contributed by atoms with Gasteiger partial charge < -0.3 is 15.2 Å². The Labute approximate surface area is 110 Å². The molecule has 0 spiro atoms. The van der Waals surface area contributed by atoms with Crippen molar-refractivity contribution in [1.82, 2.24) is 5.32 Å². The van der Waals surface area contributed by atoms with Gasteiger partial charge in [0.1, 0.15) is 11.6 Å². The minimum atomic E-state index is -1.35. The van der Waals surface area contributed by atoms with Gasteiger partial charge >= 0.3 is 5.97 Å². The second-order valence-electron chi connectivity index (χ2n) is 4.11. The molecule has 0 saturated heterocycles. The van der Waals surface area contributed by atoms with Crippen molar-refractivity contribution in [1.29, 1.82) is 0 Å². The van der Waals surface area contributed by atoms with Crippen molar-refractivity contribution in [3.8, 4) is 5.75 Å². The lowest BCUT2D eigenvalue weighted by molar-refractivity contribution is -0.123. The highest BCUT2D eigenvalue weighted by Crippen LogP contribution is 2.16. The van der Waals surface area contributed by atoms with E-state index in [0.717, 1.165) is 18.6 Å². The number of nitrogens with one attached hydrogen (secondary N) is 1. The zero-order valence-electron chi connectivity index (χ0n) is 10.8. The summed E-state index contributed by atoms with van der Waals surface area (Å²) in [5.41, 5.74) is -0.434. The highest BCUT2D eigenvalue weighted by Gasteiger charge is 2.12. The highest BCUT2D eigenvalue weighted by atomic mass is 19.1. The van der Waals surface area contributed by atoms with Crippen LogP contribution in [0.2, 0.25) is 0 Å². The Kier molecular flexibility index (Phi) is 5.29. The highest BCUT2D eigenvalue weighted by molar-refractivity contribution is 5.88. The van der Waals surface area contributed by atoms with E-state index in [4.69, 9.17) is 9.84 Å². The maximum Gasteiger partial charge on any atom is 0.338 e. The monoisotopic (exact) mass is 269 g/mol. The lowest BCUT2D eigenvalue weighted by Gasteiger charge is -2.12. The van der Waals surface area contributed by atoms with Crippen LogP contribution < -0.4 is 10.1 Å². The van der Waals surface area contributed by atoms with Crippen LogP contribution in [0.3, 0.4) is 0 Å². The van der Waals surface area contributed by atoms with Crippen LogP contribution in [0.1, 0.15) is 30.6 Å². The molecule has 0 aromatic heterocycles. The van der Waals surface area contributed by atoms with Gasteiger partial charge in [-0.3, -0.25) is 4.79 Å². The van der Waals surface area contributed by atoms with E-state index in [1.807, 2.05) is 13.8 Å². The minimum Gasteiger partial charge on any atom is -0.484 e. The van der Waals surface area contributed by atoms with Gasteiger partial charge in [-0.1, -0.05) is 6.92 Å². The van der Waals surface area contributed by atoms with Crippen LogP contribution in [0.5, 0.6) is 5.75 Å². The van der Waals surface area contributed by atoms with Crippen molar-refractivity contribution in [2.45, 2.75) is 26.3 Å². The van der Waals surface area contributed by atoms with Crippen molar-refractivity contribution in [3.05, 3.63) is 29.6 Å². The van der Waals surface area contributed by atoms with Crippen molar-refractivity contribution in [2.24, 2.45) is 0 Å². The first-order valence-electron chi connectivity index (χ1n) is 5.89. The molecule has 0 radical (unpaired) electrons. The van der Waals surface area contributed by atoms with Crippen LogP contribution in [0.25, 0.3) is 0 Å². The molecule has 19 heavy (non-hydrogen) atoms. The van der Waals surface area contributed by atoms with Crippen molar-refractivity contribution in [2.75, 3.05) is 6.61 Å². The van der Waals surface area contributed by atoms with E-state index in [9.17, 15) is 14.0 Å². The van der Waals surface area contributed by atoms with Gasteiger partial charge in [0.25, 0.3) is 5.91 Å². The molecular formula is C13H16FNO4. The summed E-state index contributed by atoms with van der Waals surface area (Å²) in [4.78, 5) is 22.0. The molecular weight excluding hydrogens is 253 g/mol. The van der Waals surface area contributed by atoms with Crippen LogP contribution in [0.4, 0.5) is 4.39 Å². The predicted octanol–water partition coefficient (Wildman–Crippen LogP) is 1.82. The summed E-state index contributed by atoms with van der Waals surface area (Å²) < 4.78 is 18.4. The van der Waals surface area contributed by atoms with E-state index in [1.165, 1.54) is 6.07 Å². The summed E-state index contributed by atoms with van der Waals surface area (Å²) >= 11 is 0. The first-order valence-corrected chi connectivity index (χ1v) is 5.89. The molecule has 5 nitrogen and oxygen atoms in total. The molecule has 0 bridgehead atoms. The fraction of sp³-hybridized carbons (Fsp3) is 0.385. The minimum absolute atomic E-state index is 0.0437. The maximum atomic E-state index is 13.3. The average molecular weight is 269 g/mol. The fourth-order valence-corrected chi connectivity index (χ4v) is 1.33. The third-order valence-electron chi connectivity index (χ3n) is 2.56. The van der Waals surface area contributed by atoms with E-state index < -0.39 is 17.3 Å². The first-order chi connectivity index (χ1) is 8.93. The van der Waals surface area contributed by atoms with Gasteiger partial charge in [-0.05, 0) is 25.5 Å². The predicted molar refractivity (Wildman–Crippen MR) is 66.8 cm³/mol. The molecule has 0 aliphatic heterocycles. The molecule has 1 atom stereocenters. The molecule has 0 heterocycles. The number of carboxylic acid groups (broad SMARTS) is 1. The standard InChI is InChI=1S/C13H16FNO4/c1-3-8(2)15-12(16)7-19-9-4-5-10(13(17)18)11(14)6-9/h4-6,8H,3,7H2,1-2H3,(H,15,16)(H,17,18). The summed E-state index contributed by atoms with van der Waals surface area (Å²) in [7, 11) is 0. The molecule has 1 aromatic rings. The Morgan fingerprint density at radius 1 is 1.47 bits per heavy atom. The SMILES string of the molecule is CCC(C)NC(=O)COc1ccc(C(=O)O)c(F)c1. The number of ether oxygens (including phenoxy) is 1. The van der Waals surface area contributed by atoms with Gasteiger partial charge in [-0.25, -0.2) is 9.18 Å². The third-order valence-corrected chi connectivity index (χ3v) is 2.56. The summed E-state index contributed by atoms with van der Waals surface area (Å²) in [5.74, 6) is -2.44. The lowest BCUT2D eigenvalue weighted by atomic mass is 10.2. The van der Waals surface area contributed by atoms with E-state index in [0.29, 0.717) is 0 Å². The zero-order chi connectivity index (χ0) is 14.4. The molecule has 0 aliphatic rings. The average Bonchev–Trinajstić information content (AvgIpc) is 2.35. The molecule has 0 saturated carbocycles. The van der Waals surface area contributed by atoms with Crippen LogP contribution in [-0.4, -0.2) is 29.6 Å². The van der Waals surface area contributed by atoms with Crippen LogP contribution in [-0.2, 0) is 4.79 Å². The summed E-state index contributed by atoms with van der Waals surface area (Å²) in [6.45, 7) is 3.56. The number of carbonyl (C=O) groups excluding carboxylic acids is 1. The summed E-state index contributed by atoms with van der Waals surface area (Å²) in [5, 5.41) is 11.3. The number of carboxylic acids is 1. The van der Waals surface area contributed by atoms with Crippen LogP contribution in [0.15, 0.2) is 18.2 Å². The normalized spacial score (nSPS) is 11.7. The lowest BCUT2D eigenvalue weighted by Crippen LogP contribution is -2.35. The Hall–Kier alpha value is -2.11. The van der Waals surface area contributed by atoms with Crippen LogP contribution in [0, 0.1) is 5.82 Å². The smallest absolute Gasteiger partial charge is 0.338 e. The molecule has 1 unspecified atom stereocenters. The second-order valence-corrected chi connectivity index (χ2v) is 4.11. The zero-order valence-corrected chi connectivity index (χ0v) is 10.8. The Morgan fingerprint density at radius 3 is 2.68 bits per heavy atom. The quantitative estimate of drug-likeness (QED) is 0.826. The molecule has 0 aliphatic carbocycles. The number of aromatic carboxylic acids is 1. The summed E-state index contributed by atoms with van der Waals surface area (Å²) in [6, 6.07) is 3.39. The van der Waals surface area contributed by atoms with E-state index in [2.05, 4.69) is 5.32 Å². The number of benzene rings is 1. The number of hydrogen-bond acceptors (Lipinski definition) is 3. The first kappa shape index (κ1) is 14.9. The van der Waals surface area contributed by atoms with E-state index >= 15 is 0 Å². The largest absolute Gasteiger partial charge is 0.484 e. The number of halogens is 1. The molecule has 1 rings (SSSR count). The van der Waals surface area contributed by atoms with Crippen molar-refractivity contribution >= 4 is 11.9 Å². The van der Waals surface area contributed by atoms with Gasteiger partial charge in [0.15, 0.2) is 6.61 Å². The van der Waals surface area contributed by atoms with E-state index in [-0.39, 0.29) is 24.3 Å². The van der Waals surface area contributed by atoms with Gasteiger partial charge in [0, 0.05) is 12.1 Å². The fourth-order valence-electron chi connectivity index (χ4n) is 1.33. The maximum absolute atomic E-state index is 13.3. The van der Waals surface area contributed by atoms with Gasteiger partial charge in [-0.15, -0.1) is 0 Å². The topological polar surface area (TPSA) is 75.6 Å². The Morgan fingerprint density at radius 2 is 2.16 bits per heavy atom. The van der Waals surface area contributed by atoms with Gasteiger partial charge in [0.2, 0.25) is 0 Å². The summed E-state index contributed by atoms with van der Waals surface area (Å²) in [6.07, 6.45) is 0.799. The number of rotatable bonds is 6. The molecule has 1 aromatic carbocycles. The Balaban J connectivity index is 2.57. The molecule has 0 fully saturated rings. The van der Waals surface area contributed by atoms with Crippen LogP contribution >= 0.6 is 0 Å². The second kappa shape index (κ2) is 6.72. The Bertz CT molecular complexity index is 476. The van der Waals surface area contributed by atoms with Gasteiger partial charge in [-0.2, -0.15) is 0 Å². The van der Waals surface area contributed by atoms with Crippen molar-refractivity contribution in [3.63, 3.8) is 0 Å². The number of amides is 1. The third kappa shape index (κ3) is 4.57. The number of carbonyl (C=O) groups is 2. The van der Waals surface area contributed by atoms with Gasteiger partial charge in [0.05, 0.1) is 5.56 Å². The molecule has 1 amide bonds. The number of hydrogen-bond donors (Lipinski definition) is 2. The van der Waals surface area contributed by atoms with Crippen molar-refractivity contribution < 1.29 is 23.8 Å².